The molecular formula is C20H13N3O5S. The Bertz CT molecular complexity index is 1160. The molecule has 1 amide bonds. The van der Waals surface area contributed by atoms with Gasteiger partial charge in [0.25, 0.3) is 11.6 Å². The second-order valence-corrected chi connectivity index (χ2v) is 7.01. The van der Waals surface area contributed by atoms with Gasteiger partial charge in [0.15, 0.2) is 5.17 Å². The molecule has 4 rings (SSSR count). The van der Waals surface area contributed by atoms with Gasteiger partial charge in [0.1, 0.15) is 17.3 Å². The van der Waals surface area contributed by atoms with E-state index in [4.69, 9.17) is 4.42 Å². The summed E-state index contributed by atoms with van der Waals surface area (Å²) in [5, 5.41) is 23.6. The van der Waals surface area contributed by atoms with Gasteiger partial charge in [0.05, 0.1) is 21.1 Å². The molecule has 2 N–H and O–H groups in total. The van der Waals surface area contributed by atoms with Crippen LogP contribution in [0.25, 0.3) is 17.4 Å². The molecule has 29 heavy (non-hydrogen) atoms. The Morgan fingerprint density at radius 1 is 1.10 bits per heavy atom. The van der Waals surface area contributed by atoms with Gasteiger partial charge in [0, 0.05) is 12.1 Å². The lowest BCUT2D eigenvalue weighted by Gasteiger charge is -1.98. The Labute approximate surface area is 168 Å². The van der Waals surface area contributed by atoms with Crippen molar-refractivity contribution in [3.63, 3.8) is 0 Å². The van der Waals surface area contributed by atoms with E-state index in [1.807, 2.05) is 0 Å². The molecule has 0 radical (unpaired) electrons. The fourth-order valence-electron chi connectivity index (χ4n) is 2.67. The van der Waals surface area contributed by atoms with E-state index in [1.165, 1.54) is 18.2 Å². The largest absolute Gasteiger partial charge is 0.508 e. The minimum Gasteiger partial charge on any atom is -0.508 e. The maximum atomic E-state index is 12.2. The fourth-order valence-corrected chi connectivity index (χ4v) is 3.49. The number of carbonyl (C=O) groups excluding carboxylic acids is 1. The number of hydrogen-bond donors (Lipinski definition) is 2. The molecule has 9 heteroatoms. The molecule has 1 aliphatic heterocycles. The fraction of sp³-hybridized carbons (Fsp3) is 0. The summed E-state index contributed by atoms with van der Waals surface area (Å²) < 4.78 is 5.70. The first-order valence-corrected chi connectivity index (χ1v) is 9.23. The average Bonchev–Trinajstić information content (AvgIpc) is 3.30. The molecule has 0 saturated carbocycles. The predicted octanol–water partition coefficient (Wildman–Crippen LogP) is 4.45. The molecule has 1 aromatic heterocycles. The Hall–Kier alpha value is -3.85. The monoisotopic (exact) mass is 407 g/mol. The molecule has 0 atom stereocenters. The van der Waals surface area contributed by atoms with E-state index in [2.05, 4.69) is 10.3 Å². The molecule has 0 unspecified atom stereocenters. The number of furan rings is 1. The maximum Gasteiger partial charge on any atom is 0.280 e. The lowest BCUT2D eigenvalue weighted by molar-refractivity contribution is -0.384. The third-order valence-corrected chi connectivity index (χ3v) is 4.91. The van der Waals surface area contributed by atoms with Crippen molar-refractivity contribution in [2.24, 2.45) is 4.99 Å². The number of aromatic hydroxyl groups is 1. The Kier molecular flexibility index (Phi) is 4.88. The SMILES string of the molecule is O=C1NC(=Nc2ccc(O)cc2)SC1=Cc1ccc(-c2ccccc2[N+](=O)[O-])o1. The number of carbonyl (C=O) groups is 1. The van der Waals surface area contributed by atoms with Crippen LogP contribution < -0.4 is 5.32 Å². The number of hydrogen-bond acceptors (Lipinski definition) is 7. The molecule has 1 aliphatic rings. The summed E-state index contributed by atoms with van der Waals surface area (Å²) in [6.45, 7) is 0. The van der Waals surface area contributed by atoms with Crippen molar-refractivity contribution in [3.05, 3.63) is 81.4 Å². The Morgan fingerprint density at radius 2 is 1.86 bits per heavy atom. The normalized spacial score (nSPS) is 16.3. The van der Waals surface area contributed by atoms with E-state index in [0.29, 0.717) is 32.8 Å². The lowest BCUT2D eigenvalue weighted by Crippen LogP contribution is -2.19. The smallest absolute Gasteiger partial charge is 0.280 e. The molecule has 0 aliphatic carbocycles. The summed E-state index contributed by atoms with van der Waals surface area (Å²) in [4.78, 5) is 27.6. The van der Waals surface area contributed by atoms with E-state index in [0.717, 1.165) is 11.8 Å². The highest BCUT2D eigenvalue weighted by atomic mass is 32.2. The molecule has 8 nitrogen and oxygen atoms in total. The Balaban J connectivity index is 1.57. The van der Waals surface area contributed by atoms with Crippen LogP contribution in [0.2, 0.25) is 0 Å². The molecule has 3 aromatic rings. The van der Waals surface area contributed by atoms with Crippen LogP contribution in [0.4, 0.5) is 11.4 Å². The van der Waals surface area contributed by atoms with E-state index >= 15 is 0 Å². The number of phenolic OH excluding ortho intramolecular Hbond substituents is 1. The number of nitrogens with zero attached hydrogens (tertiary/aromatic N) is 2. The van der Waals surface area contributed by atoms with Gasteiger partial charge in [-0.3, -0.25) is 14.9 Å². The topological polar surface area (TPSA) is 118 Å². The van der Waals surface area contributed by atoms with E-state index in [1.54, 1.807) is 48.5 Å². The first-order valence-electron chi connectivity index (χ1n) is 8.42. The van der Waals surface area contributed by atoms with Crippen molar-refractivity contribution in [3.8, 4) is 17.1 Å². The van der Waals surface area contributed by atoms with Crippen LogP contribution in [0.1, 0.15) is 5.76 Å². The van der Waals surface area contributed by atoms with Gasteiger partial charge in [-0.1, -0.05) is 12.1 Å². The number of amidine groups is 1. The van der Waals surface area contributed by atoms with Gasteiger partial charge >= 0.3 is 0 Å². The number of aliphatic imine (C=N–C) groups is 1. The number of rotatable bonds is 4. The van der Waals surface area contributed by atoms with Crippen LogP contribution in [-0.4, -0.2) is 21.1 Å². The highest BCUT2D eigenvalue weighted by molar-refractivity contribution is 8.18. The number of nitrogens with one attached hydrogen (secondary N) is 1. The van der Waals surface area contributed by atoms with Crippen molar-refractivity contribution in [1.29, 1.82) is 0 Å². The third-order valence-electron chi connectivity index (χ3n) is 4.00. The van der Waals surface area contributed by atoms with Crippen LogP contribution in [-0.2, 0) is 4.79 Å². The van der Waals surface area contributed by atoms with E-state index in [9.17, 15) is 20.0 Å². The maximum absolute atomic E-state index is 12.2. The minimum absolute atomic E-state index is 0.0580. The van der Waals surface area contributed by atoms with Gasteiger partial charge in [-0.2, -0.15) is 0 Å². The van der Waals surface area contributed by atoms with Crippen molar-refractivity contribution in [2.75, 3.05) is 0 Å². The quantitative estimate of drug-likeness (QED) is 0.375. The molecule has 1 fully saturated rings. The summed E-state index contributed by atoms with van der Waals surface area (Å²) in [7, 11) is 0. The standard InChI is InChI=1S/C20H13N3O5S/c24-13-7-5-12(6-8-13)21-20-22-19(25)18(29-20)11-14-9-10-17(28-14)15-3-1-2-4-16(15)23(26)27/h1-11,24H,(H,21,22,25). The average molecular weight is 407 g/mol. The lowest BCUT2D eigenvalue weighted by atomic mass is 10.1. The number of para-hydroxylation sites is 1. The number of nitro groups is 1. The van der Waals surface area contributed by atoms with Crippen LogP contribution in [0, 0.1) is 10.1 Å². The highest BCUT2D eigenvalue weighted by Crippen LogP contribution is 2.33. The number of nitro benzene ring substituents is 1. The van der Waals surface area contributed by atoms with Crippen molar-refractivity contribution >= 4 is 40.3 Å². The number of benzene rings is 2. The summed E-state index contributed by atoms with van der Waals surface area (Å²) >= 11 is 1.15. The van der Waals surface area contributed by atoms with Gasteiger partial charge in [-0.05, 0) is 54.2 Å². The van der Waals surface area contributed by atoms with Crippen LogP contribution in [0.3, 0.4) is 0 Å². The van der Waals surface area contributed by atoms with Gasteiger partial charge < -0.3 is 14.8 Å². The van der Waals surface area contributed by atoms with E-state index in [-0.39, 0.29) is 17.3 Å². The Morgan fingerprint density at radius 3 is 2.62 bits per heavy atom. The summed E-state index contributed by atoms with van der Waals surface area (Å²) in [5.41, 5.74) is 0.890. The third kappa shape index (κ3) is 4.04. The molecular weight excluding hydrogens is 394 g/mol. The van der Waals surface area contributed by atoms with Gasteiger partial charge in [-0.25, -0.2) is 4.99 Å². The van der Waals surface area contributed by atoms with Crippen LogP contribution in [0.5, 0.6) is 5.75 Å². The number of phenols is 1. The molecule has 2 heterocycles. The zero-order chi connectivity index (χ0) is 20.4. The number of thioether (sulfide) groups is 1. The molecule has 144 valence electrons. The highest BCUT2D eigenvalue weighted by Gasteiger charge is 2.24. The first kappa shape index (κ1) is 18.5. The second-order valence-electron chi connectivity index (χ2n) is 5.97. The zero-order valence-corrected chi connectivity index (χ0v) is 15.6. The van der Waals surface area contributed by atoms with Crippen molar-refractivity contribution < 1.29 is 19.2 Å². The van der Waals surface area contributed by atoms with Gasteiger partial charge in [-0.15, -0.1) is 0 Å². The van der Waals surface area contributed by atoms with Crippen molar-refractivity contribution in [2.45, 2.75) is 0 Å². The second kappa shape index (κ2) is 7.64. The van der Waals surface area contributed by atoms with Crippen LogP contribution in [0.15, 0.2) is 75.0 Å². The molecule has 0 bridgehead atoms. The molecule has 1 saturated heterocycles. The molecule has 2 aromatic carbocycles. The van der Waals surface area contributed by atoms with Crippen LogP contribution >= 0.6 is 11.8 Å². The molecule has 0 spiro atoms. The zero-order valence-electron chi connectivity index (χ0n) is 14.7. The first-order chi connectivity index (χ1) is 14.0. The summed E-state index contributed by atoms with van der Waals surface area (Å²) in [6, 6.07) is 15.8. The van der Waals surface area contributed by atoms with Gasteiger partial charge in [0.2, 0.25) is 0 Å². The predicted molar refractivity (Wildman–Crippen MR) is 110 cm³/mol. The minimum atomic E-state index is -0.470. The number of amides is 1. The van der Waals surface area contributed by atoms with Crippen molar-refractivity contribution in [1.82, 2.24) is 5.32 Å². The van der Waals surface area contributed by atoms with E-state index < -0.39 is 4.92 Å². The summed E-state index contributed by atoms with van der Waals surface area (Å²) in [5.74, 6) is 0.535. The summed E-state index contributed by atoms with van der Waals surface area (Å²) in [6.07, 6.45) is 1.55.